The molecular formula is C20H20BrN3O3. The van der Waals surface area contributed by atoms with Gasteiger partial charge in [0.2, 0.25) is 11.8 Å². The van der Waals surface area contributed by atoms with E-state index in [4.69, 9.17) is 0 Å². The summed E-state index contributed by atoms with van der Waals surface area (Å²) in [5.41, 5.74) is 1.65. The highest BCUT2D eigenvalue weighted by Gasteiger charge is 2.29. The molecule has 0 radical (unpaired) electrons. The molecule has 3 amide bonds. The lowest BCUT2D eigenvalue weighted by atomic mass is 10.1. The molecule has 3 rings (SSSR count). The highest BCUT2D eigenvalue weighted by atomic mass is 79.9. The van der Waals surface area contributed by atoms with Gasteiger partial charge >= 0.3 is 0 Å². The molecule has 7 heteroatoms. The normalized spacial score (nSPS) is 13.0. The molecule has 0 saturated heterocycles. The van der Waals surface area contributed by atoms with Crippen LogP contribution in [0.1, 0.15) is 23.2 Å². The SMILES string of the molecule is CN(CC(=O)Nc1ccccc1Br)C(=O)c1cccc(NC(=O)C2CC2)c1. The highest BCUT2D eigenvalue weighted by Crippen LogP contribution is 2.30. The Balaban J connectivity index is 1.60. The summed E-state index contributed by atoms with van der Waals surface area (Å²) in [6, 6.07) is 14.0. The Morgan fingerprint density at radius 1 is 1.07 bits per heavy atom. The van der Waals surface area contributed by atoms with Gasteiger partial charge < -0.3 is 15.5 Å². The molecule has 140 valence electrons. The first-order valence-corrected chi connectivity index (χ1v) is 9.44. The molecule has 0 spiro atoms. The second-order valence-electron chi connectivity index (χ2n) is 6.53. The molecule has 2 N–H and O–H groups in total. The maximum atomic E-state index is 12.6. The van der Waals surface area contributed by atoms with Crippen LogP contribution in [-0.2, 0) is 9.59 Å². The Bertz CT molecular complexity index is 880. The summed E-state index contributed by atoms with van der Waals surface area (Å²) in [6.45, 7) is -0.0845. The summed E-state index contributed by atoms with van der Waals surface area (Å²) >= 11 is 3.37. The van der Waals surface area contributed by atoms with Crippen molar-refractivity contribution < 1.29 is 14.4 Å². The van der Waals surface area contributed by atoms with Gasteiger partial charge in [-0.25, -0.2) is 0 Å². The second kappa shape index (κ2) is 8.35. The molecule has 2 aromatic rings. The number of anilines is 2. The van der Waals surface area contributed by atoms with Crippen molar-refractivity contribution in [3.05, 3.63) is 58.6 Å². The van der Waals surface area contributed by atoms with Crippen LogP contribution in [0.5, 0.6) is 0 Å². The average molecular weight is 430 g/mol. The highest BCUT2D eigenvalue weighted by molar-refractivity contribution is 9.10. The van der Waals surface area contributed by atoms with Crippen molar-refractivity contribution in [1.29, 1.82) is 0 Å². The summed E-state index contributed by atoms with van der Waals surface area (Å²) in [6.07, 6.45) is 1.83. The van der Waals surface area contributed by atoms with Crippen molar-refractivity contribution in [3.63, 3.8) is 0 Å². The molecule has 0 bridgehead atoms. The molecular weight excluding hydrogens is 410 g/mol. The first kappa shape index (κ1) is 19.1. The van der Waals surface area contributed by atoms with Gasteiger partial charge in [0, 0.05) is 28.7 Å². The van der Waals surface area contributed by atoms with E-state index in [1.165, 1.54) is 4.90 Å². The average Bonchev–Trinajstić information content (AvgIpc) is 3.48. The van der Waals surface area contributed by atoms with Crippen molar-refractivity contribution in [3.8, 4) is 0 Å². The van der Waals surface area contributed by atoms with E-state index in [-0.39, 0.29) is 30.2 Å². The number of benzene rings is 2. The maximum absolute atomic E-state index is 12.6. The molecule has 6 nitrogen and oxygen atoms in total. The van der Waals surface area contributed by atoms with Gasteiger partial charge in [0.15, 0.2) is 0 Å². The largest absolute Gasteiger partial charge is 0.332 e. The number of carbonyl (C=O) groups is 3. The third kappa shape index (κ3) is 5.17. The quantitative estimate of drug-likeness (QED) is 0.737. The summed E-state index contributed by atoms with van der Waals surface area (Å²) in [5.74, 6) is -0.510. The summed E-state index contributed by atoms with van der Waals surface area (Å²) in [7, 11) is 1.57. The van der Waals surface area contributed by atoms with E-state index in [0.717, 1.165) is 17.3 Å². The number of hydrogen-bond donors (Lipinski definition) is 2. The monoisotopic (exact) mass is 429 g/mol. The number of halogens is 1. The maximum Gasteiger partial charge on any atom is 0.254 e. The zero-order chi connectivity index (χ0) is 19.4. The van der Waals surface area contributed by atoms with Crippen LogP contribution in [0.2, 0.25) is 0 Å². The minimum atomic E-state index is -0.295. The fraction of sp³-hybridized carbons (Fsp3) is 0.250. The molecule has 1 fully saturated rings. The van der Waals surface area contributed by atoms with Crippen LogP contribution in [0.25, 0.3) is 0 Å². The lowest BCUT2D eigenvalue weighted by Gasteiger charge is -2.17. The fourth-order valence-corrected chi connectivity index (χ4v) is 2.96. The molecule has 1 aliphatic carbocycles. The number of para-hydroxylation sites is 1. The van der Waals surface area contributed by atoms with Crippen molar-refractivity contribution in [2.24, 2.45) is 5.92 Å². The molecule has 1 aliphatic rings. The van der Waals surface area contributed by atoms with Gasteiger partial charge in [0.1, 0.15) is 0 Å². The van der Waals surface area contributed by atoms with E-state index in [0.29, 0.717) is 16.9 Å². The van der Waals surface area contributed by atoms with Crippen LogP contribution in [0.4, 0.5) is 11.4 Å². The summed E-state index contributed by atoms with van der Waals surface area (Å²) in [4.78, 5) is 38.0. The smallest absolute Gasteiger partial charge is 0.254 e. The zero-order valence-corrected chi connectivity index (χ0v) is 16.5. The minimum absolute atomic E-state index is 0.0132. The van der Waals surface area contributed by atoms with Crippen molar-refractivity contribution in [2.45, 2.75) is 12.8 Å². The molecule has 0 aromatic heterocycles. The second-order valence-corrected chi connectivity index (χ2v) is 7.39. The number of amides is 3. The van der Waals surface area contributed by atoms with Crippen molar-refractivity contribution in [1.82, 2.24) is 4.90 Å². The Kier molecular flexibility index (Phi) is 5.91. The van der Waals surface area contributed by atoms with E-state index in [1.54, 1.807) is 37.4 Å². The van der Waals surface area contributed by atoms with Gasteiger partial charge in [-0.15, -0.1) is 0 Å². The van der Waals surface area contributed by atoms with Gasteiger partial charge in [-0.05, 0) is 59.1 Å². The number of likely N-dealkylation sites (N-methyl/N-ethyl adjacent to an activating group) is 1. The lowest BCUT2D eigenvalue weighted by molar-refractivity contribution is -0.117. The molecule has 27 heavy (non-hydrogen) atoms. The van der Waals surface area contributed by atoms with Crippen LogP contribution in [0.15, 0.2) is 53.0 Å². The van der Waals surface area contributed by atoms with Crippen LogP contribution in [0, 0.1) is 5.92 Å². The number of hydrogen-bond acceptors (Lipinski definition) is 3. The molecule has 0 unspecified atom stereocenters. The Hall–Kier alpha value is -2.67. The Labute approximate surface area is 166 Å². The third-order valence-electron chi connectivity index (χ3n) is 4.20. The van der Waals surface area contributed by atoms with Gasteiger partial charge in [0.25, 0.3) is 5.91 Å². The van der Waals surface area contributed by atoms with E-state index in [2.05, 4.69) is 26.6 Å². The number of rotatable bonds is 6. The molecule has 0 aliphatic heterocycles. The molecule has 1 saturated carbocycles. The van der Waals surface area contributed by atoms with Gasteiger partial charge in [-0.3, -0.25) is 14.4 Å². The van der Waals surface area contributed by atoms with Gasteiger partial charge in [-0.1, -0.05) is 18.2 Å². The Morgan fingerprint density at radius 2 is 1.81 bits per heavy atom. The number of nitrogens with zero attached hydrogens (tertiary/aromatic N) is 1. The minimum Gasteiger partial charge on any atom is -0.332 e. The summed E-state index contributed by atoms with van der Waals surface area (Å²) in [5, 5.41) is 5.59. The van der Waals surface area contributed by atoms with E-state index < -0.39 is 0 Å². The summed E-state index contributed by atoms with van der Waals surface area (Å²) < 4.78 is 0.770. The van der Waals surface area contributed by atoms with Gasteiger partial charge in [-0.2, -0.15) is 0 Å². The zero-order valence-electron chi connectivity index (χ0n) is 14.9. The van der Waals surface area contributed by atoms with Crippen LogP contribution in [-0.4, -0.2) is 36.2 Å². The Morgan fingerprint density at radius 3 is 2.52 bits per heavy atom. The first-order chi connectivity index (χ1) is 12.9. The van der Waals surface area contributed by atoms with E-state index in [1.807, 2.05) is 18.2 Å². The van der Waals surface area contributed by atoms with Gasteiger partial charge in [0.05, 0.1) is 12.2 Å². The molecule has 0 heterocycles. The predicted molar refractivity (Wildman–Crippen MR) is 108 cm³/mol. The predicted octanol–water partition coefficient (Wildman–Crippen LogP) is 3.51. The van der Waals surface area contributed by atoms with Crippen LogP contribution < -0.4 is 10.6 Å². The number of nitrogens with one attached hydrogen (secondary N) is 2. The topological polar surface area (TPSA) is 78.5 Å². The van der Waals surface area contributed by atoms with Crippen LogP contribution >= 0.6 is 15.9 Å². The van der Waals surface area contributed by atoms with Crippen molar-refractivity contribution >= 4 is 45.0 Å². The van der Waals surface area contributed by atoms with E-state index in [9.17, 15) is 14.4 Å². The molecule has 0 atom stereocenters. The first-order valence-electron chi connectivity index (χ1n) is 8.65. The van der Waals surface area contributed by atoms with Crippen molar-refractivity contribution in [2.75, 3.05) is 24.2 Å². The standard InChI is InChI=1S/C20H20BrN3O3/c1-24(12-18(25)23-17-8-3-2-7-16(17)21)20(27)14-5-4-6-15(11-14)22-19(26)13-9-10-13/h2-8,11,13H,9-10,12H2,1H3,(H,22,26)(H,23,25). The molecule has 2 aromatic carbocycles. The lowest BCUT2D eigenvalue weighted by Crippen LogP contribution is -2.35. The number of carbonyl (C=O) groups excluding carboxylic acids is 3. The van der Waals surface area contributed by atoms with Crippen LogP contribution in [0.3, 0.4) is 0 Å². The third-order valence-corrected chi connectivity index (χ3v) is 4.89. The fourth-order valence-electron chi connectivity index (χ4n) is 2.58. The van der Waals surface area contributed by atoms with E-state index >= 15 is 0 Å².